The van der Waals surface area contributed by atoms with Crippen LogP contribution in [0.4, 0.5) is 5.69 Å². The Morgan fingerprint density at radius 1 is 0.646 bits per heavy atom. The van der Waals surface area contributed by atoms with E-state index in [1.54, 1.807) is 4.90 Å². The Labute approximate surface area is 281 Å². The number of nitrogens with zero attached hydrogens (tertiary/aromatic N) is 1. The first-order valence-electron chi connectivity index (χ1n) is 17.3. The van der Waals surface area contributed by atoms with Gasteiger partial charge in [-0.15, -0.1) is 0 Å². The molecule has 1 unspecified atom stereocenters. The molecule has 0 aliphatic carbocycles. The fourth-order valence-corrected chi connectivity index (χ4v) is 8.12. The standard InChI is InChI=1S/C44H41NO3/c1-7-26-12-9-13-27(8-2)41(26)45-43(46)35-20-18-32-30-16-11-17-34-37(48-42-28(24(3)4)14-10-15-29(42)25(5)6)23-22-31(38(30)34)33-19-21-36(44(45)47)40(35)39(32)33/h9-25,44,47H,7-8H2,1-6H3. The van der Waals surface area contributed by atoms with Crippen LogP contribution in [0.2, 0.25) is 0 Å². The lowest BCUT2D eigenvalue weighted by Crippen LogP contribution is -2.39. The zero-order valence-electron chi connectivity index (χ0n) is 28.5. The van der Waals surface area contributed by atoms with Crippen molar-refractivity contribution in [3.63, 3.8) is 0 Å². The minimum atomic E-state index is -1.09. The average molecular weight is 632 g/mol. The van der Waals surface area contributed by atoms with Gasteiger partial charge in [0.1, 0.15) is 11.5 Å². The van der Waals surface area contributed by atoms with Gasteiger partial charge < -0.3 is 9.84 Å². The molecule has 8 rings (SSSR count). The summed E-state index contributed by atoms with van der Waals surface area (Å²) >= 11 is 0. The first-order chi connectivity index (χ1) is 23.2. The number of rotatable bonds is 7. The van der Waals surface area contributed by atoms with Gasteiger partial charge in [-0.2, -0.15) is 0 Å². The lowest BCUT2D eigenvalue weighted by molar-refractivity contribution is 0.0878. The summed E-state index contributed by atoms with van der Waals surface area (Å²) in [6, 6.07) is 31.5. The first kappa shape index (κ1) is 30.4. The second-order valence-electron chi connectivity index (χ2n) is 13.8. The topological polar surface area (TPSA) is 49.8 Å². The molecule has 1 atom stereocenters. The van der Waals surface area contributed by atoms with Crippen LogP contribution >= 0.6 is 0 Å². The fraction of sp³-hybridized carbons (Fsp3) is 0.250. The molecule has 240 valence electrons. The van der Waals surface area contributed by atoms with Crippen molar-refractivity contribution in [2.45, 2.75) is 72.4 Å². The van der Waals surface area contributed by atoms with Crippen molar-refractivity contribution < 1.29 is 14.6 Å². The minimum absolute atomic E-state index is 0.160. The van der Waals surface area contributed by atoms with Crippen molar-refractivity contribution in [1.29, 1.82) is 0 Å². The van der Waals surface area contributed by atoms with E-state index >= 15 is 0 Å². The Bertz CT molecular complexity index is 2330. The number of anilines is 1. The lowest BCUT2D eigenvalue weighted by atomic mass is 9.84. The third-order valence-corrected chi connectivity index (χ3v) is 10.5. The number of hydrogen-bond donors (Lipinski definition) is 1. The Kier molecular flexibility index (Phi) is 7.19. The number of amides is 1. The van der Waals surface area contributed by atoms with Gasteiger partial charge in [0, 0.05) is 27.3 Å². The van der Waals surface area contributed by atoms with Gasteiger partial charge in [0.25, 0.3) is 5.91 Å². The Hall–Kier alpha value is -4.93. The molecule has 4 heteroatoms. The third-order valence-electron chi connectivity index (χ3n) is 10.5. The van der Waals surface area contributed by atoms with Crippen LogP contribution in [0, 0.1) is 0 Å². The first-order valence-corrected chi connectivity index (χ1v) is 17.3. The number of para-hydroxylation sites is 2. The van der Waals surface area contributed by atoms with E-state index in [0.717, 1.165) is 89.8 Å². The SMILES string of the molecule is CCc1cccc(CC)c1N1C(=O)c2ccc3c4cccc5c(Oc6c(C(C)C)cccc6C(C)C)ccc(c6ccc(c2c36)C1O)c54. The van der Waals surface area contributed by atoms with Gasteiger partial charge in [0.05, 0.1) is 5.69 Å². The molecule has 0 saturated carbocycles. The molecule has 7 aromatic rings. The van der Waals surface area contributed by atoms with Crippen molar-refractivity contribution in [3.05, 3.63) is 124 Å². The molecule has 1 aliphatic heterocycles. The molecule has 0 aromatic heterocycles. The maximum atomic E-state index is 14.4. The van der Waals surface area contributed by atoms with Gasteiger partial charge in [-0.25, -0.2) is 0 Å². The molecule has 0 spiro atoms. The number of ether oxygens (including phenoxy) is 1. The van der Waals surface area contributed by atoms with E-state index in [0.29, 0.717) is 17.4 Å². The van der Waals surface area contributed by atoms with Crippen LogP contribution in [0.15, 0.2) is 91.0 Å². The predicted molar refractivity (Wildman–Crippen MR) is 199 cm³/mol. The molecule has 0 bridgehead atoms. The molecule has 48 heavy (non-hydrogen) atoms. The summed E-state index contributed by atoms with van der Waals surface area (Å²) in [5.41, 5.74) is 6.76. The van der Waals surface area contributed by atoms with Gasteiger partial charge in [-0.3, -0.25) is 9.69 Å². The molecular weight excluding hydrogens is 590 g/mol. The van der Waals surface area contributed by atoms with Gasteiger partial charge in [-0.1, -0.05) is 114 Å². The maximum Gasteiger partial charge on any atom is 0.261 e. The van der Waals surface area contributed by atoms with E-state index in [-0.39, 0.29) is 5.91 Å². The summed E-state index contributed by atoms with van der Waals surface area (Å²) in [6.07, 6.45) is 0.457. The minimum Gasteiger partial charge on any atom is -0.456 e. The number of aliphatic hydroxyl groups is 1. The van der Waals surface area contributed by atoms with Crippen LogP contribution in [-0.4, -0.2) is 11.0 Å². The summed E-state index contributed by atoms with van der Waals surface area (Å²) < 4.78 is 6.92. The smallest absolute Gasteiger partial charge is 0.261 e. The summed E-state index contributed by atoms with van der Waals surface area (Å²) in [6.45, 7) is 13.0. The average Bonchev–Trinajstić information content (AvgIpc) is 3.10. The summed E-state index contributed by atoms with van der Waals surface area (Å²) in [7, 11) is 0. The van der Waals surface area contributed by atoms with Crippen molar-refractivity contribution >= 4 is 54.7 Å². The number of aryl methyl sites for hydroxylation is 2. The van der Waals surface area contributed by atoms with Crippen LogP contribution in [0.1, 0.15) is 97.8 Å². The van der Waals surface area contributed by atoms with Crippen LogP contribution in [0.3, 0.4) is 0 Å². The summed E-state index contributed by atoms with van der Waals surface area (Å²) in [5, 5.41) is 20.4. The molecule has 0 radical (unpaired) electrons. The Morgan fingerprint density at radius 3 is 1.83 bits per heavy atom. The van der Waals surface area contributed by atoms with Gasteiger partial charge in [0.2, 0.25) is 0 Å². The van der Waals surface area contributed by atoms with Crippen molar-refractivity contribution in [3.8, 4) is 11.5 Å². The Balaban J connectivity index is 1.36. The van der Waals surface area contributed by atoms with E-state index in [1.807, 2.05) is 18.2 Å². The zero-order chi connectivity index (χ0) is 33.4. The molecule has 7 aromatic carbocycles. The largest absolute Gasteiger partial charge is 0.456 e. The molecule has 1 aliphatic rings. The number of fused-ring (bicyclic) bond motifs is 2. The number of aliphatic hydroxyl groups excluding tert-OH is 1. The second-order valence-corrected chi connectivity index (χ2v) is 13.8. The van der Waals surface area contributed by atoms with Gasteiger partial charge >= 0.3 is 0 Å². The van der Waals surface area contributed by atoms with Crippen LogP contribution in [0.25, 0.3) is 43.1 Å². The van der Waals surface area contributed by atoms with Crippen molar-refractivity contribution in [2.24, 2.45) is 0 Å². The highest BCUT2D eigenvalue weighted by molar-refractivity contribution is 6.36. The maximum absolute atomic E-state index is 14.4. The van der Waals surface area contributed by atoms with Crippen LogP contribution in [0.5, 0.6) is 11.5 Å². The van der Waals surface area contributed by atoms with E-state index < -0.39 is 6.23 Å². The highest BCUT2D eigenvalue weighted by Gasteiger charge is 2.37. The van der Waals surface area contributed by atoms with Crippen LogP contribution < -0.4 is 9.64 Å². The molecule has 1 N–H and O–H groups in total. The predicted octanol–water partition coefficient (Wildman–Crippen LogP) is 11.6. The highest BCUT2D eigenvalue weighted by Crippen LogP contribution is 2.49. The number of carbonyl (C=O) groups excluding carboxylic acids is 1. The molecule has 1 amide bonds. The number of carbonyl (C=O) groups is 1. The quantitative estimate of drug-likeness (QED) is 0.141. The lowest BCUT2D eigenvalue weighted by Gasteiger charge is -2.36. The third kappa shape index (κ3) is 4.28. The van der Waals surface area contributed by atoms with E-state index in [2.05, 4.69) is 114 Å². The van der Waals surface area contributed by atoms with Gasteiger partial charge in [0.15, 0.2) is 6.23 Å². The Morgan fingerprint density at radius 2 is 1.19 bits per heavy atom. The molecule has 0 saturated heterocycles. The summed E-state index contributed by atoms with van der Waals surface area (Å²) in [4.78, 5) is 16.1. The highest BCUT2D eigenvalue weighted by atomic mass is 16.5. The number of hydrogen-bond acceptors (Lipinski definition) is 3. The fourth-order valence-electron chi connectivity index (χ4n) is 8.12. The van der Waals surface area contributed by atoms with Crippen molar-refractivity contribution in [2.75, 3.05) is 4.90 Å². The monoisotopic (exact) mass is 631 g/mol. The molecule has 0 fully saturated rings. The summed E-state index contributed by atoms with van der Waals surface area (Å²) in [5.74, 6) is 2.27. The molecular formula is C44H41NO3. The van der Waals surface area contributed by atoms with E-state index in [4.69, 9.17) is 4.74 Å². The van der Waals surface area contributed by atoms with E-state index in [9.17, 15) is 9.90 Å². The van der Waals surface area contributed by atoms with Gasteiger partial charge in [-0.05, 0) is 92.1 Å². The second kappa shape index (κ2) is 11.4. The normalized spacial score (nSPS) is 14.9. The molecule has 4 nitrogen and oxygen atoms in total. The van der Waals surface area contributed by atoms with E-state index in [1.165, 1.54) is 11.1 Å². The number of benzene rings is 7. The zero-order valence-corrected chi connectivity index (χ0v) is 28.5. The van der Waals surface area contributed by atoms with Crippen LogP contribution in [-0.2, 0) is 12.8 Å². The molecule has 1 heterocycles. The van der Waals surface area contributed by atoms with Crippen molar-refractivity contribution in [1.82, 2.24) is 0 Å².